The zero-order chi connectivity index (χ0) is 21.1. The SMILES string of the molecule is Cn1ccnc1[C@H](NC(=O)CCn1c(=O)[nH]c2ccccc2c1=O)c1ccccc1. The van der Waals surface area contributed by atoms with E-state index in [2.05, 4.69) is 15.3 Å². The van der Waals surface area contributed by atoms with E-state index in [0.717, 1.165) is 10.1 Å². The lowest BCUT2D eigenvalue weighted by Gasteiger charge is -2.19. The summed E-state index contributed by atoms with van der Waals surface area (Å²) in [4.78, 5) is 44.7. The second kappa shape index (κ2) is 8.20. The molecule has 0 radical (unpaired) electrons. The third kappa shape index (κ3) is 3.80. The Hall–Kier alpha value is -3.94. The van der Waals surface area contributed by atoms with Gasteiger partial charge in [0.25, 0.3) is 5.56 Å². The van der Waals surface area contributed by atoms with Crippen LogP contribution in [-0.2, 0) is 18.4 Å². The van der Waals surface area contributed by atoms with Gasteiger partial charge >= 0.3 is 5.69 Å². The van der Waals surface area contributed by atoms with Crippen LogP contribution in [-0.4, -0.2) is 25.0 Å². The molecule has 1 amide bonds. The fourth-order valence-electron chi connectivity index (χ4n) is 3.45. The van der Waals surface area contributed by atoms with Crippen molar-refractivity contribution in [2.24, 2.45) is 7.05 Å². The van der Waals surface area contributed by atoms with Crippen molar-refractivity contribution >= 4 is 16.8 Å². The zero-order valence-electron chi connectivity index (χ0n) is 16.4. The van der Waals surface area contributed by atoms with Gasteiger partial charge in [-0.1, -0.05) is 42.5 Å². The number of nitrogens with one attached hydrogen (secondary N) is 2. The standard InChI is InChI=1S/C22H21N5O3/c1-26-14-12-23-20(26)19(15-7-3-2-4-8-15)25-18(28)11-13-27-21(29)16-9-5-6-10-17(16)24-22(27)30/h2-10,12,14,19H,11,13H2,1H3,(H,24,30)(H,25,28)/t19-/m1/s1. The lowest BCUT2D eigenvalue weighted by molar-refractivity contribution is -0.121. The summed E-state index contributed by atoms with van der Waals surface area (Å²) in [7, 11) is 1.86. The third-order valence-corrected chi connectivity index (χ3v) is 5.01. The van der Waals surface area contributed by atoms with Crippen LogP contribution in [0.2, 0.25) is 0 Å². The van der Waals surface area contributed by atoms with Crippen LogP contribution >= 0.6 is 0 Å². The van der Waals surface area contributed by atoms with E-state index in [-0.39, 0.29) is 18.9 Å². The molecule has 4 rings (SSSR count). The summed E-state index contributed by atoms with van der Waals surface area (Å²) in [5.41, 5.74) is 0.425. The number of imidazole rings is 1. The molecule has 0 aliphatic rings. The van der Waals surface area contributed by atoms with E-state index in [4.69, 9.17) is 0 Å². The molecule has 0 saturated carbocycles. The van der Waals surface area contributed by atoms with Crippen molar-refractivity contribution in [2.45, 2.75) is 19.0 Å². The normalized spacial score (nSPS) is 12.0. The minimum absolute atomic E-state index is 0.0188. The number of benzene rings is 2. The van der Waals surface area contributed by atoms with Crippen molar-refractivity contribution in [3.63, 3.8) is 0 Å². The minimum atomic E-state index is -0.532. The number of hydrogen-bond acceptors (Lipinski definition) is 4. The van der Waals surface area contributed by atoms with Gasteiger partial charge in [0.1, 0.15) is 11.9 Å². The van der Waals surface area contributed by atoms with Crippen molar-refractivity contribution in [3.8, 4) is 0 Å². The van der Waals surface area contributed by atoms with Crippen LogP contribution in [0.25, 0.3) is 10.9 Å². The van der Waals surface area contributed by atoms with Crippen LogP contribution in [0.15, 0.2) is 76.6 Å². The van der Waals surface area contributed by atoms with Gasteiger partial charge in [-0.3, -0.25) is 14.2 Å². The molecule has 0 aliphatic heterocycles. The number of carbonyl (C=O) groups is 1. The van der Waals surface area contributed by atoms with Crippen LogP contribution < -0.4 is 16.6 Å². The summed E-state index contributed by atoms with van der Waals surface area (Å²) >= 11 is 0. The van der Waals surface area contributed by atoms with Crippen molar-refractivity contribution in [1.82, 2.24) is 24.4 Å². The monoisotopic (exact) mass is 403 g/mol. The number of amides is 1. The van der Waals surface area contributed by atoms with Crippen molar-refractivity contribution in [3.05, 3.63) is 99.2 Å². The highest BCUT2D eigenvalue weighted by Crippen LogP contribution is 2.20. The second-order valence-corrected chi connectivity index (χ2v) is 6.99. The first-order chi connectivity index (χ1) is 14.5. The summed E-state index contributed by atoms with van der Waals surface area (Å²) in [6, 6.07) is 15.9. The largest absolute Gasteiger partial charge is 0.342 e. The molecule has 8 nitrogen and oxygen atoms in total. The van der Waals surface area contributed by atoms with E-state index in [9.17, 15) is 14.4 Å². The number of aromatic nitrogens is 4. The highest BCUT2D eigenvalue weighted by molar-refractivity contribution is 5.78. The molecule has 2 N–H and O–H groups in total. The van der Waals surface area contributed by atoms with Gasteiger partial charge < -0.3 is 14.9 Å². The van der Waals surface area contributed by atoms with Crippen LogP contribution in [0.1, 0.15) is 23.9 Å². The smallest absolute Gasteiger partial charge is 0.328 e. The number of para-hydroxylation sites is 1. The lowest BCUT2D eigenvalue weighted by Crippen LogP contribution is -2.37. The topological polar surface area (TPSA) is 102 Å². The zero-order valence-corrected chi connectivity index (χ0v) is 16.4. The van der Waals surface area contributed by atoms with Gasteiger partial charge in [0.2, 0.25) is 5.91 Å². The number of fused-ring (bicyclic) bond motifs is 1. The van der Waals surface area contributed by atoms with Crippen molar-refractivity contribution in [2.75, 3.05) is 0 Å². The molecule has 2 aromatic heterocycles. The van der Waals surface area contributed by atoms with Gasteiger partial charge in [-0.05, 0) is 17.7 Å². The van der Waals surface area contributed by atoms with E-state index >= 15 is 0 Å². The van der Waals surface area contributed by atoms with E-state index < -0.39 is 17.3 Å². The number of aromatic amines is 1. The molecule has 0 spiro atoms. The molecular weight excluding hydrogens is 382 g/mol. The Labute approximate surface area is 171 Å². The fraction of sp³-hybridized carbons (Fsp3) is 0.182. The predicted molar refractivity (Wildman–Crippen MR) is 113 cm³/mol. The molecule has 0 fully saturated rings. The summed E-state index contributed by atoms with van der Waals surface area (Å²) < 4.78 is 2.90. The maximum atomic E-state index is 12.7. The quantitative estimate of drug-likeness (QED) is 0.512. The minimum Gasteiger partial charge on any atom is -0.342 e. The van der Waals surface area contributed by atoms with Crippen LogP contribution in [0.4, 0.5) is 0 Å². The molecule has 8 heteroatoms. The summed E-state index contributed by atoms with van der Waals surface area (Å²) in [6.07, 6.45) is 3.46. The predicted octanol–water partition coefficient (Wildman–Crippen LogP) is 1.72. The fourth-order valence-corrected chi connectivity index (χ4v) is 3.45. The lowest BCUT2D eigenvalue weighted by atomic mass is 10.1. The second-order valence-electron chi connectivity index (χ2n) is 6.99. The number of H-pyrrole nitrogens is 1. The van der Waals surface area contributed by atoms with E-state index in [1.807, 2.05) is 48.1 Å². The molecule has 152 valence electrons. The molecule has 0 bridgehead atoms. The van der Waals surface area contributed by atoms with E-state index in [0.29, 0.717) is 16.7 Å². The number of nitrogens with zero attached hydrogens (tertiary/aromatic N) is 3. The first kappa shape index (κ1) is 19.4. The van der Waals surface area contributed by atoms with Gasteiger partial charge in [-0.15, -0.1) is 0 Å². The average Bonchev–Trinajstić information content (AvgIpc) is 3.18. The van der Waals surface area contributed by atoms with Crippen LogP contribution in [0, 0.1) is 0 Å². The Morgan fingerprint density at radius 2 is 1.83 bits per heavy atom. The highest BCUT2D eigenvalue weighted by atomic mass is 16.2. The molecule has 0 unspecified atom stereocenters. The van der Waals surface area contributed by atoms with Gasteiger partial charge in [-0.2, -0.15) is 0 Å². The van der Waals surface area contributed by atoms with Crippen LogP contribution in [0.5, 0.6) is 0 Å². The molecule has 0 aliphatic carbocycles. The van der Waals surface area contributed by atoms with Gasteiger partial charge in [0, 0.05) is 32.4 Å². The van der Waals surface area contributed by atoms with E-state index in [1.165, 1.54) is 0 Å². The summed E-state index contributed by atoms with van der Waals surface area (Å²) in [6.45, 7) is -0.0209. The van der Waals surface area contributed by atoms with Crippen molar-refractivity contribution in [1.29, 1.82) is 0 Å². The Morgan fingerprint density at radius 3 is 2.57 bits per heavy atom. The molecule has 0 saturated heterocycles. The Morgan fingerprint density at radius 1 is 1.10 bits per heavy atom. The number of carbonyl (C=O) groups excluding carboxylic acids is 1. The number of hydrogen-bond donors (Lipinski definition) is 2. The average molecular weight is 403 g/mol. The third-order valence-electron chi connectivity index (χ3n) is 5.01. The molecule has 2 aromatic carbocycles. The van der Waals surface area contributed by atoms with Crippen molar-refractivity contribution < 1.29 is 4.79 Å². The molecular formula is C22H21N5O3. The summed E-state index contributed by atoms with van der Waals surface area (Å²) in [5, 5.41) is 3.38. The Bertz CT molecular complexity index is 1300. The van der Waals surface area contributed by atoms with Crippen LogP contribution in [0.3, 0.4) is 0 Å². The van der Waals surface area contributed by atoms with Gasteiger partial charge in [0.05, 0.1) is 10.9 Å². The highest BCUT2D eigenvalue weighted by Gasteiger charge is 2.20. The maximum Gasteiger partial charge on any atom is 0.328 e. The van der Waals surface area contributed by atoms with Gasteiger partial charge in [0.15, 0.2) is 0 Å². The maximum absolute atomic E-state index is 12.7. The number of aryl methyl sites for hydroxylation is 1. The molecule has 1 atom stereocenters. The molecule has 2 heterocycles. The van der Waals surface area contributed by atoms with E-state index in [1.54, 1.807) is 30.5 Å². The molecule has 4 aromatic rings. The Balaban J connectivity index is 1.55. The number of rotatable bonds is 6. The molecule has 30 heavy (non-hydrogen) atoms. The Kier molecular flexibility index (Phi) is 5.30. The first-order valence-corrected chi connectivity index (χ1v) is 9.58. The summed E-state index contributed by atoms with van der Waals surface area (Å²) in [5.74, 6) is 0.404. The first-order valence-electron chi connectivity index (χ1n) is 9.58. The van der Waals surface area contributed by atoms with Gasteiger partial charge in [-0.25, -0.2) is 9.78 Å².